The molecule has 0 aromatic rings. The van der Waals surface area contributed by atoms with E-state index in [-0.39, 0.29) is 17.8 Å². The average molecular weight is 255 g/mol. The van der Waals surface area contributed by atoms with Crippen molar-refractivity contribution in [1.82, 2.24) is 4.90 Å². The summed E-state index contributed by atoms with van der Waals surface area (Å²) in [5, 5.41) is 7.44. The average Bonchev–Trinajstić information content (AvgIpc) is 2.63. The van der Waals surface area contributed by atoms with Gasteiger partial charge in [-0.1, -0.05) is 0 Å². The van der Waals surface area contributed by atoms with Gasteiger partial charge in [-0.3, -0.25) is 5.41 Å². The second-order valence-electron chi connectivity index (χ2n) is 6.19. The zero-order valence-corrected chi connectivity index (χ0v) is 11.8. The van der Waals surface area contributed by atoms with Crippen LogP contribution in [0.2, 0.25) is 0 Å². The summed E-state index contributed by atoms with van der Waals surface area (Å²) >= 11 is 0. The minimum absolute atomic E-state index is 0.196. The van der Waals surface area contributed by atoms with Crippen molar-refractivity contribution < 1.29 is 9.53 Å². The molecule has 1 amide bonds. The van der Waals surface area contributed by atoms with Crippen molar-refractivity contribution in [1.29, 1.82) is 5.41 Å². The summed E-state index contributed by atoms with van der Waals surface area (Å²) in [6.45, 7) is 6.26. The van der Waals surface area contributed by atoms with Crippen LogP contribution < -0.4 is 5.73 Å². The molecule has 5 heteroatoms. The van der Waals surface area contributed by atoms with Gasteiger partial charge in [-0.05, 0) is 46.0 Å². The van der Waals surface area contributed by atoms with Crippen molar-refractivity contribution in [3.8, 4) is 0 Å². The summed E-state index contributed by atoms with van der Waals surface area (Å²) in [7, 11) is 1.76. The monoisotopic (exact) mass is 255 g/mol. The van der Waals surface area contributed by atoms with Crippen molar-refractivity contribution in [2.45, 2.75) is 45.6 Å². The molecule has 104 valence electrons. The van der Waals surface area contributed by atoms with E-state index in [2.05, 4.69) is 0 Å². The quantitative estimate of drug-likeness (QED) is 0.599. The van der Waals surface area contributed by atoms with Crippen molar-refractivity contribution in [3.05, 3.63) is 0 Å². The number of carbonyl (C=O) groups excluding carboxylic acids is 1. The van der Waals surface area contributed by atoms with E-state index in [9.17, 15) is 4.79 Å². The van der Waals surface area contributed by atoms with Crippen LogP contribution in [0.5, 0.6) is 0 Å². The topological polar surface area (TPSA) is 79.4 Å². The highest BCUT2D eigenvalue weighted by Crippen LogP contribution is 2.31. The fourth-order valence-electron chi connectivity index (χ4n) is 2.32. The second kappa shape index (κ2) is 5.59. The Kier molecular flexibility index (Phi) is 4.59. The molecule has 0 aromatic heterocycles. The van der Waals surface area contributed by atoms with Gasteiger partial charge in [0.25, 0.3) is 0 Å². The number of hydrogen-bond donors (Lipinski definition) is 2. The van der Waals surface area contributed by atoms with Crippen molar-refractivity contribution in [2.75, 3.05) is 13.6 Å². The van der Waals surface area contributed by atoms with Crippen LogP contribution in [0.3, 0.4) is 0 Å². The molecule has 5 nitrogen and oxygen atoms in total. The lowest BCUT2D eigenvalue weighted by Gasteiger charge is -2.26. The van der Waals surface area contributed by atoms with Crippen LogP contribution in [0, 0.1) is 17.2 Å². The fourth-order valence-corrected chi connectivity index (χ4v) is 2.32. The van der Waals surface area contributed by atoms with Gasteiger partial charge in [0.15, 0.2) is 0 Å². The second-order valence-corrected chi connectivity index (χ2v) is 6.19. The van der Waals surface area contributed by atoms with E-state index in [1.165, 1.54) is 0 Å². The van der Waals surface area contributed by atoms with Crippen LogP contribution in [-0.4, -0.2) is 36.0 Å². The van der Waals surface area contributed by atoms with Gasteiger partial charge >= 0.3 is 6.09 Å². The Balaban J connectivity index is 2.39. The molecule has 1 fully saturated rings. The maximum absolute atomic E-state index is 11.8. The summed E-state index contributed by atoms with van der Waals surface area (Å²) in [6.07, 6.45) is 2.61. The van der Waals surface area contributed by atoms with Gasteiger partial charge in [-0.25, -0.2) is 4.79 Å². The number of nitrogens with one attached hydrogen (secondary N) is 1. The van der Waals surface area contributed by atoms with E-state index in [1.54, 1.807) is 11.9 Å². The summed E-state index contributed by atoms with van der Waals surface area (Å²) < 4.78 is 5.30. The van der Waals surface area contributed by atoms with Gasteiger partial charge in [0.1, 0.15) is 5.60 Å². The van der Waals surface area contributed by atoms with Gasteiger partial charge in [0.2, 0.25) is 0 Å². The van der Waals surface area contributed by atoms with Crippen molar-refractivity contribution in [2.24, 2.45) is 17.6 Å². The normalized spacial score (nSPS) is 23.8. The largest absolute Gasteiger partial charge is 0.444 e. The zero-order chi connectivity index (χ0) is 13.9. The molecular formula is C13H25N3O2. The Morgan fingerprint density at radius 3 is 2.50 bits per heavy atom. The molecule has 0 heterocycles. The van der Waals surface area contributed by atoms with E-state index in [0.29, 0.717) is 12.5 Å². The van der Waals surface area contributed by atoms with E-state index in [0.717, 1.165) is 19.3 Å². The molecule has 2 unspecified atom stereocenters. The lowest BCUT2D eigenvalue weighted by atomic mass is 10.0. The predicted octanol–water partition coefficient (Wildman–Crippen LogP) is 2.21. The number of hydrogen-bond acceptors (Lipinski definition) is 3. The Hall–Kier alpha value is -1.26. The molecule has 1 aliphatic rings. The van der Waals surface area contributed by atoms with Crippen LogP contribution in [-0.2, 0) is 4.74 Å². The number of nitrogens with zero attached hydrogens (tertiary/aromatic N) is 1. The molecule has 18 heavy (non-hydrogen) atoms. The number of amidine groups is 1. The molecule has 1 rings (SSSR count). The SMILES string of the molecule is CN(CC1CCC(C(=N)N)C1)C(=O)OC(C)(C)C. The molecule has 1 aliphatic carbocycles. The standard InChI is InChI=1S/C13H25N3O2/c1-13(2,3)18-12(17)16(4)8-9-5-6-10(7-9)11(14)15/h9-10H,5-8H2,1-4H3,(H3,14,15). The molecule has 0 aromatic carbocycles. The third kappa shape index (κ3) is 4.55. The molecule has 1 saturated carbocycles. The van der Waals surface area contributed by atoms with Gasteiger partial charge in [0, 0.05) is 19.5 Å². The first kappa shape index (κ1) is 14.8. The van der Waals surface area contributed by atoms with E-state index in [4.69, 9.17) is 15.9 Å². The lowest BCUT2D eigenvalue weighted by Crippen LogP contribution is -2.36. The molecule has 0 bridgehead atoms. The van der Waals surface area contributed by atoms with Crippen molar-refractivity contribution in [3.63, 3.8) is 0 Å². The summed E-state index contributed by atoms with van der Waals surface area (Å²) in [5.74, 6) is 0.899. The molecule has 0 aliphatic heterocycles. The van der Waals surface area contributed by atoms with Gasteiger partial charge in [-0.15, -0.1) is 0 Å². The van der Waals surface area contributed by atoms with E-state index >= 15 is 0 Å². The Bertz CT molecular complexity index is 323. The molecule has 0 radical (unpaired) electrons. The molecule has 2 atom stereocenters. The third-order valence-electron chi connectivity index (χ3n) is 3.22. The van der Waals surface area contributed by atoms with Crippen molar-refractivity contribution >= 4 is 11.9 Å². The summed E-state index contributed by atoms with van der Waals surface area (Å²) in [6, 6.07) is 0. The number of carbonyl (C=O) groups is 1. The van der Waals surface area contributed by atoms with E-state index < -0.39 is 5.60 Å². The third-order valence-corrected chi connectivity index (χ3v) is 3.22. The van der Waals surface area contributed by atoms with Crippen LogP contribution >= 0.6 is 0 Å². The van der Waals surface area contributed by atoms with Crippen LogP contribution in [0.15, 0.2) is 0 Å². The maximum Gasteiger partial charge on any atom is 0.410 e. The highest BCUT2D eigenvalue weighted by Gasteiger charge is 2.29. The van der Waals surface area contributed by atoms with Crippen LogP contribution in [0.4, 0.5) is 4.79 Å². The highest BCUT2D eigenvalue weighted by molar-refractivity contribution is 5.79. The number of rotatable bonds is 3. The Morgan fingerprint density at radius 1 is 1.44 bits per heavy atom. The van der Waals surface area contributed by atoms with Crippen LogP contribution in [0.1, 0.15) is 40.0 Å². The first-order chi connectivity index (χ1) is 8.19. The predicted molar refractivity (Wildman–Crippen MR) is 71.6 cm³/mol. The first-order valence-electron chi connectivity index (χ1n) is 6.47. The number of nitrogens with two attached hydrogens (primary N) is 1. The summed E-state index contributed by atoms with van der Waals surface area (Å²) in [4.78, 5) is 13.4. The minimum atomic E-state index is -0.455. The van der Waals surface area contributed by atoms with Gasteiger partial charge in [0.05, 0.1) is 5.84 Å². The molecular weight excluding hydrogens is 230 g/mol. The smallest absolute Gasteiger partial charge is 0.410 e. The molecule has 0 saturated heterocycles. The van der Waals surface area contributed by atoms with Crippen LogP contribution in [0.25, 0.3) is 0 Å². The first-order valence-corrected chi connectivity index (χ1v) is 6.47. The highest BCUT2D eigenvalue weighted by atomic mass is 16.6. The molecule has 3 N–H and O–H groups in total. The lowest BCUT2D eigenvalue weighted by molar-refractivity contribution is 0.0274. The Morgan fingerprint density at radius 2 is 2.06 bits per heavy atom. The molecule has 0 spiro atoms. The number of ether oxygens (including phenoxy) is 1. The zero-order valence-electron chi connectivity index (χ0n) is 11.8. The number of amides is 1. The summed E-state index contributed by atoms with van der Waals surface area (Å²) in [5.41, 5.74) is 5.06. The Labute approximate surface area is 109 Å². The van der Waals surface area contributed by atoms with E-state index in [1.807, 2.05) is 20.8 Å². The minimum Gasteiger partial charge on any atom is -0.444 e. The maximum atomic E-state index is 11.8. The van der Waals surface area contributed by atoms with Gasteiger partial charge in [-0.2, -0.15) is 0 Å². The fraction of sp³-hybridized carbons (Fsp3) is 0.846. The van der Waals surface area contributed by atoms with Gasteiger partial charge < -0.3 is 15.4 Å².